The lowest BCUT2D eigenvalue weighted by Gasteiger charge is -1.83. The maximum absolute atomic E-state index is 5.30. The van der Waals surface area contributed by atoms with Crippen LogP contribution in [0.25, 0.3) is 0 Å². The predicted octanol–water partition coefficient (Wildman–Crippen LogP) is 1.97. The van der Waals surface area contributed by atoms with Crippen LogP contribution in [0.2, 0.25) is 0 Å². The minimum atomic E-state index is 0.711. The molecule has 0 saturated heterocycles. The lowest BCUT2D eigenvalue weighted by atomic mass is 10.4. The van der Waals surface area contributed by atoms with E-state index in [4.69, 9.17) is 5.73 Å². The number of hydrogen-bond acceptors (Lipinski definition) is 3. The maximum Gasteiger partial charge on any atom is 0.0832 e. The highest BCUT2D eigenvalue weighted by Gasteiger charge is 1.73. The van der Waals surface area contributed by atoms with Crippen molar-refractivity contribution in [3.05, 3.63) is 24.5 Å². The van der Waals surface area contributed by atoms with Gasteiger partial charge in [-0.25, -0.2) is 0 Å². The Hall–Kier alpha value is -0.510. The Morgan fingerprint density at radius 1 is 1.50 bits per heavy atom. The van der Waals surface area contributed by atoms with Crippen LogP contribution in [0.15, 0.2) is 24.5 Å². The van der Waals surface area contributed by atoms with Crippen LogP contribution in [-0.4, -0.2) is 4.98 Å². The van der Waals surface area contributed by atoms with Gasteiger partial charge >= 0.3 is 0 Å². The zero-order valence-corrected chi connectivity index (χ0v) is 6.51. The Kier molecular flexibility index (Phi) is 6.27. The van der Waals surface area contributed by atoms with Gasteiger partial charge in [-0.05, 0) is 12.1 Å². The van der Waals surface area contributed by atoms with Crippen LogP contribution in [0, 0.1) is 0 Å². The highest BCUT2D eigenvalue weighted by atomic mass is 35.6. The number of nitrogens with two attached hydrogens (primary N) is 1. The van der Waals surface area contributed by atoms with Crippen molar-refractivity contribution >= 4 is 29.4 Å². The molecule has 0 bridgehead atoms. The first kappa shape index (κ1) is 9.49. The van der Waals surface area contributed by atoms with Gasteiger partial charge in [0.05, 0.1) is 29.4 Å². The van der Waals surface area contributed by atoms with Crippen molar-refractivity contribution < 1.29 is 3.84 Å². The third-order valence-corrected chi connectivity index (χ3v) is 0.684. The summed E-state index contributed by atoms with van der Waals surface area (Å²) in [6, 6.07) is 3.60. The number of nitrogen functional groups attached to an aromatic ring is 1. The second kappa shape index (κ2) is 6.61. The Balaban J connectivity index is 0.000000236. The summed E-state index contributed by atoms with van der Waals surface area (Å²) in [4.78, 5) is 3.76. The fraction of sp³-hybridized carbons (Fsp3) is 0. The zero-order valence-electron chi connectivity index (χ0n) is 5.00. The zero-order chi connectivity index (χ0) is 7.82. The highest BCUT2D eigenvalue weighted by molar-refractivity contribution is 6.24. The standard InChI is InChI=1S/C5H6N2.Cl2O/c6-5-2-1-3-7-4-5;1-3-2/h1-4H,6H2;. The summed E-state index contributed by atoms with van der Waals surface area (Å²) in [5.41, 5.74) is 6.01. The molecule has 0 aliphatic heterocycles. The summed E-state index contributed by atoms with van der Waals surface area (Å²) < 4.78 is 3.19. The molecule has 5 heteroatoms. The summed E-state index contributed by atoms with van der Waals surface area (Å²) in [6.07, 6.45) is 3.30. The average molecular weight is 181 g/mol. The Labute approximate surface area is 69.1 Å². The Bertz CT molecular complexity index is 159. The SMILES string of the molecule is ClOCl.Nc1cccnc1. The van der Waals surface area contributed by atoms with Crippen LogP contribution >= 0.6 is 23.7 Å². The smallest absolute Gasteiger partial charge is 0.0832 e. The Morgan fingerprint density at radius 2 is 2.10 bits per heavy atom. The summed E-state index contributed by atoms with van der Waals surface area (Å²) in [7, 11) is 0. The molecule has 0 amide bonds. The molecule has 10 heavy (non-hydrogen) atoms. The molecule has 0 radical (unpaired) electrons. The average Bonchev–Trinajstić information content (AvgIpc) is 1.91. The van der Waals surface area contributed by atoms with E-state index >= 15 is 0 Å². The van der Waals surface area contributed by atoms with Crippen molar-refractivity contribution in [2.75, 3.05) is 5.73 Å². The molecule has 0 aromatic carbocycles. The first-order valence-electron chi connectivity index (χ1n) is 2.36. The van der Waals surface area contributed by atoms with E-state index in [0.717, 1.165) is 0 Å². The van der Waals surface area contributed by atoms with Gasteiger partial charge in [0.1, 0.15) is 0 Å². The monoisotopic (exact) mass is 180 g/mol. The van der Waals surface area contributed by atoms with E-state index in [1.165, 1.54) is 0 Å². The van der Waals surface area contributed by atoms with Crippen LogP contribution in [-0.2, 0) is 3.84 Å². The molecule has 0 aliphatic carbocycles. The molecule has 0 aliphatic rings. The van der Waals surface area contributed by atoms with Crippen LogP contribution in [0.4, 0.5) is 5.69 Å². The fourth-order valence-electron chi connectivity index (χ4n) is 0.376. The number of aromatic nitrogens is 1. The minimum absolute atomic E-state index is 0.711. The molecule has 1 heterocycles. The summed E-state index contributed by atoms with van der Waals surface area (Å²) in [5.74, 6) is 0. The van der Waals surface area contributed by atoms with Crippen molar-refractivity contribution in [3.63, 3.8) is 0 Å². The van der Waals surface area contributed by atoms with E-state index in [1.807, 2.05) is 0 Å². The van der Waals surface area contributed by atoms with Gasteiger partial charge in [0, 0.05) is 12.4 Å². The molecule has 3 nitrogen and oxygen atoms in total. The first-order chi connectivity index (χ1) is 4.81. The summed E-state index contributed by atoms with van der Waals surface area (Å²) in [5, 5.41) is 0. The molecular formula is C5H6Cl2N2O. The molecule has 0 saturated carbocycles. The van der Waals surface area contributed by atoms with Gasteiger partial charge in [-0.1, -0.05) is 0 Å². The number of anilines is 1. The normalized spacial score (nSPS) is 7.80. The van der Waals surface area contributed by atoms with Crippen LogP contribution < -0.4 is 5.73 Å². The third kappa shape index (κ3) is 5.62. The summed E-state index contributed by atoms with van der Waals surface area (Å²) >= 11 is 8.53. The lowest BCUT2D eigenvalue weighted by molar-refractivity contribution is 0.697. The number of pyridine rings is 1. The fourth-order valence-corrected chi connectivity index (χ4v) is 0.376. The largest absolute Gasteiger partial charge is 0.397 e. The molecule has 56 valence electrons. The van der Waals surface area contributed by atoms with Crippen LogP contribution in [0.1, 0.15) is 0 Å². The van der Waals surface area contributed by atoms with Crippen molar-refractivity contribution in [2.45, 2.75) is 0 Å². The van der Waals surface area contributed by atoms with Gasteiger partial charge < -0.3 is 5.73 Å². The van der Waals surface area contributed by atoms with E-state index in [9.17, 15) is 0 Å². The molecule has 0 unspecified atom stereocenters. The summed E-state index contributed by atoms with van der Waals surface area (Å²) in [6.45, 7) is 0. The van der Waals surface area contributed by atoms with Gasteiger partial charge in [0.2, 0.25) is 0 Å². The number of rotatable bonds is 0. The lowest BCUT2D eigenvalue weighted by Crippen LogP contribution is -1.82. The van der Waals surface area contributed by atoms with Gasteiger partial charge in [-0.3, -0.25) is 4.98 Å². The van der Waals surface area contributed by atoms with Gasteiger partial charge in [-0.2, -0.15) is 3.84 Å². The molecule has 2 N–H and O–H groups in total. The van der Waals surface area contributed by atoms with Crippen LogP contribution in [0.5, 0.6) is 0 Å². The third-order valence-electron chi connectivity index (χ3n) is 0.684. The second-order valence-corrected chi connectivity index (χ2v) is 1.81. The highest BCUT2D eigenvalue weighted by Crippen LogP contribution is 1.92. The number of hydrogen-bond donors (Lipinski definition) is 1. The molecule has 0 fully saturated rings. The van der Waals surface area contributed by atoms with E-state index in [-0.39, 0.29) is 0 Å². The van der Waals surface area contributed by atoms with Gasteiger partial charge in [0.15, 0.2) is 0 Å². The molecule has 1 aromatic rings. The predicted molar refractivity (Wildman–Crippen MR) is 41.4 cm³/mol. The molecule has 0 spiro atoms. The van der Waals surface area contributed by atoms with Crippen molar-refractivity contribution in [3.8, 4) is 0 Å². The topological polar surface area (TPSA) is 48.1 Å². The molecular weight excluding hydrogens is 175 g/mol. The Morgan fingerprint density at radius 3 is 2.30 bits per heavy atom. The van der Waals surface area contributed by atoms with Crippen molar-refractivity contribution in [1.82, 2.24) is 4.98 Å². The number of nitrogens with zero attached hydrogens (tertiary/aromatic N) is 1. The second-order valence-electron chi connectivity index (χ2n) is 1.34. The van der Waals surface area contributed by atoms with Gasteiger partial charge in [-0.15, -0.1) is 0 Å². The molecule has 1 aromatic heterocycles. The van der Waals surface area contributed by atoms with E-state index in [2.05, 4.69) is 32.6 Å². The van der Waals surface area contributed by atoms with Gasteiger partial charge in [0.25, 0.3) is 0 Å². The van der Waals surface area contributed by atoms with E-state index < -0.39 is 0 Å². The number of halogens is 2. The van der Waals surface area contributed by atoms with Crippen molar-refractivity contribution in [1.29, 1.82) is 0 Å². The van der Waals surface area contributed by atoms with E-state index in [1.54, 1.807) is 24.5 Å². The minimum Gasteiger partial charge on any atom is -0.397 e. The molecule has 0 atom stereocenters. The van der Waals surface area contributed by atoms with Crippen LogP contribution in [0.3, 0.4) is 0 Å². The maximum atomic E-state index is 5.30. The first-order valence-corrected chi connectivity index (χ1v) is 2.97. The van der Waals surface area contributed by atoms with E-state index in [0.29, 0.717) is 5.69 Å². The quantitative estimate of drug-likeness (QED) is 0.665. The van der Waals surface area contributed by atoms with Crippen molar-refractivity contribution in [2.24, 2.45) is 0 Å². The molecule has 1 rings (SSSR count).